The zero-order valence-corrected chi connectivity index (χ0v) is 9.68. The molecule has 0 bridgehead atoms. The van der Waals surface area contributed by atoms with Crippen molar-refractivity contribution in [3.05, 3.63) is 35.6 Å². The minimum Gasteiger partial charge on any atom is -0.348 e. The van der Waals surface area contributed by atoms with Gasteiger partial charge in [-0.3, -0.25) is 0 Å². The van der Waals surface area contributed by atoms with Crippen LogP contribution in [-0.2, 0) is 6.42 Å². The number of hydrogen-bond acceptors (Lipinski definition) is 6. The SMILES string of the molecule is NC(Cc1cnc[nH]1)c1nc2nccnc2s1. The highest BCUT2D eigenvalue weighted by Crippen LogP contribution is 2.23. The van der Waals surface area contributed by atoms with Gasteiger partial charge in [-0.05, 0) is 0 Å². The highest BCUT2D eigenvalue weighted by molar-refractivity contribution is 7.18. The number of H-pyrrole nitrogens is 1. The van der Waals surface area contributed by atoms with Gasteiger partial charge in [-0.2, -0.15) is 0 Å². The Morgan fingerprint density at radius 2 is 2.24 bits per heavy atom. The van der Waals surface area contributed by atoms with Crippen molar-refractivity contribution in [1.82, 2.24) is 24.9 Å². The van der Waals surface area contributed by atoms with Crippen LogP contribution in [0.25, 0.3) is 10.5 Å². The number of nitrogens with two attached hydrogens (primary N) is 1. The summed E-state index contributed by atoms with van der Waals surface area (Å²) < 4.78 is 0. The van der Waals surface area contributed by atoms with Gasteiger partial charge in [0.05, 0.1) is 12.4 Å². The summed E-state index contributed by atoms with van der Waals surface area (Å²) >= 11 is 1.48. The second kappa shape index (κ2) is 4.19. The molecule has 0 aliphatic carbocycles. The summed E-state index contributed by atoms with van der Waals surface area (Å²) in [6.45, 7) is 0. The number of hydrogen-bond donors (Lipinski definition) is 2. The predicted molar refractivity (Wildman–Crippen MR) is 64.4 cm³/mol. The fourth-order valence-corrected chi connectivity index (χ4v) is 2.44. The van der Waals surface area contributed by atoms with E-state index in [1.54, 1.807) is 24.9 Å². The monoisotopic (exact) mass is 246 g/mol. The summed E-state index contributed by atoms with van der Waals surface area (Å²) in [6.07, 6.45) is 7.38. The van der Waals surface area contributed by atoms with Crippen molar-refractivity contribution in [2.45, 2.75) is 12.5 Å². The van der Waals surface area contributed by atoms with Crippen LogP contribution in [0.5, 0.6) is 0 Å². The van der Waals surface area contributed by atoms with Crippen molar-refractivity contribution in [2.24, 2.45) is 5.73 Å². The van der Waals surface area contributed by atoms with Crippen LogP contribution in [0.1, 0.15) is 16.7 Å². The van der Waals surface area contributed by atoms with E-state index in [9.17, 15) is 0 Å². The van der Waals surface area contributed by atoms with E-state index < -0.39 is 0 Å². The molecule has 3 aromatic rings. The Labute approximate surface area is 101 Å². The third kappa shape index (κ3) is 2.02. The Bertz CT molecular complexity index is 584. The fraction of sp³-hybridized carbons (Fsp3) is 0.200. The predicted octanol–water partition coefficient (Wildman–Crippen LogP) is 1.05. The van der Waals surface area contributed by atoms with Crippen LogP contribution in [-0.4, -0.2) is 24.9 Å². The first-order valence-electron chi connectivity index (χ1n) is 5.13. The van der Waals surface area contributed by atoms with Crippen molar-refractivity contribution >= 4 is 21.8 Å². The Balaban J connectivity index is 1.88. The van der Waals surface area contributed by atoms with Crippen molar-refractivity contribution in [1.29, 1.82) is 0 Å². The largest absolute Gasteiger partial charge is 0.348 e. The molecule has 0 spiro atoms. The molecule has 86 valence electrons. The van der Waals surface area contributed by atoms with E-state index >= 15 is 0 Å². The molecular formula is C10H10N6S. The quantitative estimate of drug-likeness (QED) is 0.720. The molecule has 0 amide bonds. The van der Waals surface area contributed by atoms with Gasteiger partial charge in [0, 0.05) is 30.7 Å². The van der Waals surface area contributed by atoms with Crippen molar-refractivity contribution in [3.8, 4) is 0 Å². The first kappa shape index (κ1) is 10.3. The minimum absolute atomic E-state index is 0.156. The maximum absolute atomic E-state index is 6.09. The van der Waals surface area contributed by atoms with Gasteiger partial charge in [-0.25, -0.2) is 19.9 Å². The maximum Gasteiger partial charge on any atom is 0.189 e. The molecule has 17 heavy (non-hydrogen) atoms. The number of nitrogens with one attached hydrogen (secondary N) is 1. The topological polar surface area (TPSA) is 93.4 Å². The number of rotatable bonds is 3. The van der Waals surface area contributed by atoms with E-state index in [1.807, 2.05) is 0 Å². The van der Waals surface area contributed by atoms with Gasteiger partial charge in [-0.15, -0.1) is 0 Å². The Morgan fingerprint density at radius 3 is 3.00 bits per heavy atom. The Kier molecular flexibility index (Phi) is 2.54. The number of aromatic amines is 1. The highest BCUT2D eigenvalue weighted by Gasteiger charge is 2.14. The van der Waals surface area contributed by atoms with Gasteiger partial charge in [-0.1, -0.05) is 11.3 Å². The third-order valence-corrected chi connectivity index (χ3v) is 3.46. The first-order chi connectivity index (χ1) is 8.33. The maximum atomic E-state index is 6.09. The molecule has 0 aromatic carbocycles. The van der Waals surface area contributed by atoms with E-state index in [-0.39, 0.29) is 6.04 Å². The molecule has 7 heteroatoms. The van der Waals surface area contributed by atoms with Crippen molar-refractivity contribution < 1.29 is 0 Å². The Morgan fingerprint density at radius 1 is 1.35 bits per heavy atom. The zero-order chi connectivity index (χ0) is 11.7. The molecule has 0 radical (unpaired) electrons. The molecule has 6 nitrogen and oxygen atoms in total. The van der Waals surface area contributed by atoms with Crippen LogP contribution in [0.2, 0.25) is 0 Å². The number of nitrogens with zero attached hydrogens (tertiary/aromatic N) is 4. The van der Waals surface area contributed by atoms with Gasteiger partial charge in [0.15, 0.2) is 10.5 Å². The molecule has 3 rings (SSSR count). The van der Waals surface area contributed by atoms with Crippen LogP contribution < -0.4 is 5.73 Å². The molecule has 0 saturated heterocycles. The van der Waals surface area contributed by atoms with Gasteiger partial charge in [0.1, 0.15) is 5.01 Å². The third-order valence-electron chi connectivity index (χ3n) is 2.38. The lowest BCUT2D eigenvalue weighted by molar-refractivity contribution is 0.705. The molecule has 3 N–H and O–H groups in total. The molecule has 1 atom stereocenters. The van der Waals surface area contributed by atoms with Crippen LogP contribution in [0.3, 0.4) is 0 Å². The average molecular weight is 246 g/mol. The molecule has 3 heterocycles. The standard InChI is InChI=1S/C10H10N6S/c11-7(3-6-4-12-5-15-6)9-16-8-10(17-9)14-2-1-13-8/h1-2,4-5,7H,3,11H2,(H,12,15). The van der Waals surface area contributed by atoms with E-state index in [0.29, 0.717) is 12.1 Å². The van der Waals surface area contributed by atoms with Crippen LogP contribution in [0.4, 0.5) is 0 Å². The zero-order valence-electron chi connectivity index (χ0n) is 8.87. The fourth-order valence-electron chi connectivity index (χ4n) is 1.57. The van der Waals surface area contributed by atoms with Gasteiger partial charge in [0.25, 0.3) is 0 Å². The Hall–Kier alpha value is -1.86. The van der Waals surface area contributed by atoms with Gasteiger partial charge >= 0.3 is 0 Å². The summed E-state index contributed by atoms with van der Waals surface area (Å²) in [5.74, 6) is 0. The molecule has 0 aliphatic heterocycles. The van der Waals surface area contributed by atoms with Crippen LogP contribution in [0, 0.1) is 0 Å². The molecule has 0 aliphatic rings. The smallest absolute Gasteiger partial charge is 0.189 e. The number of imidazole rings is 1. The normalized spacial score (nSPS) is 13.0. The second-order valence-corrected chi connectivity index (χ2v) is 4.63. The molecule has 1 unspecified atom stereocenters. The van der Waals surface area contributed by atoms with Gasteiger partial charge in [0.2, 0.25) is 0 Å². The second-order valence-electron chi connectivity index (χ2n) is 3.62. The summed E-state index contributed by atoms with van der Waals surface area (Å²) in [7, 11) is 0. The van der Waals surface area contributed by atoms with Gasteiger partial charge < -0.3 is 10.7 Å². The van der Waals surface area contributed by atoms with E-state index in [1.165, 1.54) is 11.3 Å². The minimum atomic E-state index is -0.156. The van der Waals surface area contributed by atoms with E-state index in [4.69, 9.17) is 5.73 Å². The lowest BCUT2D eigenvalue weighted by Crippen LogP contribution is -2.13. The lowest BCUT2D eigenvalue weighted by atomic mass is 10.2. The van der Waals surface area contributed by atoms with Crippen LogP contribution >= 0.6 is 11.3 Å². The molecular weight excluding hydrogens is 236 g/mol. The number of aromatic nitrogens is 5. The summed E-state index contributed by atoms with van der Waals surface area (Å²) in [4.78, 5) is 20.5. The molecule has 0 fully saturated rings. The summed E-state index contributed by atoms with van der Waals surface area (Å²) in [5.41, 5.74) is 7.75. The van der Waals surface area contributed by atoms with Crippen molar-refractivity contribution in [3.63, 3.8) is 0 Å². The number of thiazole rings is 1. The molecule has 0 saturated carbocycles. The number of fused-ring (bicyclic) bond motifs is 1. The van der Waals surface area contributed by atoms with E-state index in [2.05, 4.69) is 24.9 Å². The summed E-state index contributed by atoms with van der Waals surface area (Å²) in [5, 5.41) is 0.848. The van der Waals surface area contributed by atoms with Crippen LogP contribution in [0.15, 0.2) is 24.9 Å². The summed E-state index contributed by atoms with van der Waals surface area (Å²) in [6, 6.07) is -0.156. The first-order valence-corrected chi connectivity index (χ1v) is 5.95. The highest BCUT2D eigenvalue weighted by atomic mass is 32.1. The molecule has 3 aromatic heterocycles. The van der Waals surface area contributed by atoms with E-state index in [0.717, 1.165) is 15.5 Å². The average Bonchev–Trinajstić information content (AvgIpc) is 2.96. The van der Waals surface area contributed by atoms with Crippen molar-refractivity contribution in [2.75, 3.05) is 0 Å². The lowest BCUT2D eigenvalue weighted by Gasteiger charge is -2.05.